The molecule has 1 N–H and O–H groups in total. The molecule has 0 saturated carbocycles. The lowest BCUT2D eigenvalue weighted by molar-refractivity contribution is -0.138. The molecule has 0 bridgehead atoms. The van der Waals surface area contributed by atoms with Gasteiger partial charge in [-0.2, -0.15) is 0 Å². The molecule has 0 aliphatic carbocycles. The molecular weight excluding hydrogens is 363 g/mol. The van der Waals surface area contributed by atoms with Crippen LogP contribution in [0.25, 0.3) is 0 Å². The van der Waals surface area contributed by atoms with Crippen molar-refractivity contribution in [3.8, 4) is 5.75 Å². The zero-order valence-electron chi connectivity index (χ0n) is 13.0. The Labute approximate surface area is 143 Å². The molecule has 23 heavy (non-hydrogen) atoms. The van der Waals surface area contributed by atoms with Gasteiger partial charge < -0.3 is 9.84 Å². The van der Waals surface area contributed by atoms with Gasteiger partial charge in [0.1, 0.15) is 6.61 Å². The molecule has 122 valence electrons. The maximum Gasteiger partial charge on any atom is 0.304 e. The summed E-state index contributed by atoms with van der Waals surface area (Å²) in [5.74, 6) is -1.30. The molecule has 0 aliphatic heterocycles. The normalized spacial score (nSPS) is 11.3. The first-order valence-electron chi connectivity index (χ1n) is 7.17. The Kier molecular flexibility index (Phi) is 5.42. The van der Waals surface area contributed by atoms with Crippen molar-refractivity contribution in [3.05, 3.63) is 63.9 Å². The number of carboxylic acids is 1. The molecule has 2 aromatic carbocycles. The number of carbonyl (C=O) groups is 1. The van der Waals surface area contributed by atoms with E-state index >= 15 is 0 Å². The van der Waals surface area contributed by atoms with Crippen molar-refractivity contribution in [2.24, 2.45) is 0 Å². The third-order valence-electron chi connectivity index (χ3n) is 3.60. The lowest BCUT2D eigenvalue weighted by Gasteiger charge is -2.24. The van der Waals surface area contributed by atoms with Crippen molar-refractivity contribution in [2.45, 2.75) is 32.3 Å². The van der Waals surface area contributed by atoms with E-state index in [1.165, 1.54) is 6.07 Å². The minimum Gasteiger partial charge on any atom is -0.485 e. The van der Waals surface area contributed by atoms with E-state index in [-0.39, 0.29) is 18.8 Å². The minimum absolute atomic E-state index is 0.0803. The monoisotopic (exact) mass is 380 g/mol. The summed E-state index contributed by atoms with van der Waals surface area (Å²) in [6.07, 6.45) is -0.0803. The van der Waals surface area contributed by atoms with Crippen molar-refractivity contribution in [2.75, 3.05) is 0 Å². The van der Waals surface area contributed by atoms with Gasteiger partial charge in [0.05, 0.1) is 10.9 Å². The molecule has 0 unspecified atom stereocenters. The predicted molar refractivity (Wildman–Crippen MR) is 90.2 cm³/mol. The van der Waals surface area contributed by atoms with Crippen LogP contribution in [0.4, 0.5) is 4.39 Å². The number of hydrogen-bond acceptors (Lipinski definition) is 2. The van der Waals surface area contributed by atoms with Gasteiger partial charge in [0.2, 0.25) is 0 Å². The summed E-state index contributed by atoms with van der Waals surface area (Å²) in [5, 5.41) is 8.98. The van der Waals surface area contributed by atoms with Gasteiger partial charge in [0, 0.05) is 5.41 Å². The molecule has 0 radical (unpaired) electrons. The van der Waals surface area contributed by atoms with Crippen LogP contribution in [-0.4, -0.2) is 11.1 Å². The second-order valence-electron chi connectivity index (χ2n) is 6.00. The lowest BCUT2D eigenvalue weighted by Crippen LogP contribution is -2.22. The van der Waals surface area contributed by atoms with E-state index in [1.54, 1.807) is 19.9 Å². The molecule has 0 spiro atoms. The molecule has 0 saturated heterocycles. The molecule has 3 nitrogen and oxygen atoms in total. The van der Waals surface area contributed by atoms with Crippen LogP contribution in [0.15, 0.2) is 46.9 Å². The summed E-state index contributed by atoms with van der Waals surface area (Å²) in [4.78, 5) is 11.0. The van der Waals surface area contributed by atoms with Crippen molar-refractivity contribution in [3.63, 3.8) is 0 Å². The third-order valence-corrected chi connectivity index (χ3v) is 4.19. The molecule has 2 aromatic rings. The maximum atomic E-state index is 14.4. The van der Waals surface area contributed by atoms with Gasteiger partial charge in [-0.05, 0) is 39.2 Å². The second kappa shape index (κ2) is 7.13. The van der Waals surface area contributed by atoms with Crippen LogP contribution in [0.2, 0.25) is 0 Å². The highest BCUT2D eigenvalue weighted by atomic mass is 79.9. The number of hydrogen-bond donors (Lipinski definition) is 1. The predicted octanol–water partition coefficient (Wildman–Crippen LogP) is 4.92. The highest BCUT2D eigenvalue weighted by molar-refractivity contribution is 9.10. The molecule has 0 fully saturated rings. The van der Waals surface area contributed by atoms with E-state index in [0.29, 0.717) is 10.0 Å². The Hall–Kier alpha value is -1.88. The minimum atomic E-state index is -0.920. The lowest BCUT2D eigenvalue weighted by atomic mass is 9.81. The maximum absolute atomic E-state index is 14.4. The van der Waals surface area contributed by atoms with Gasteiger partial charge in [-0.1, -0.05) is 44.2 Å². The Bertz CT molecular complexity index is 676. The Morgan fingerprint density at radius 3 is 2.48 bits per heavy atom. The summed E-state index contributed by atoms with van der Waals surface area (Å²) >= 11 is 3.32. The van der Waals surface area contributed by atoms with Gasteiger partial charge in [-0.25, -0.2) is 4.39 Å². The number of benzene rings is 2. The van der Waals surface area contributed by atoms with Gasteiger partial charge in [-0.15, -0.1) is 0 Å². The summed E-state index contributed by atoms with van der Waals surface area (Å²) < 4.78 is 20.4. The quantitative estimate of drug-likeness (QED) is 0.773. The first-order valence-corrected chi connectivity index (χ1v) is 7.97. The molecule has 5 heteroatoms. The number of ether oxygens (including phenoxy) is 1. The zero-order chi connectivity index (χ0) is 17.0. The van der Waals surface area contributed by atoms with Crippen molar-refractivity contribution in [1.29, 1.82) is 0 Å². The first-order chi connectivity index (χ1) is 10.8. The molecule has 0 amide bonds. The number of halogens is 2. The zero-order valence-corrected chi connectivity index (χ0v) is 14.6. The second-order valence-corrected chi connectivity index (χ2v) is 6.85. The van der Waals surface area contributed by atoms with Gasteiger partial charge >= 0.3 is 5.97 Å². The van der Waals surface area contributed by atoms with E-state index in [9.17, 15) is 9.18 Å². The van der Waals surface area contributed by atoms with E-state index in [0.717, 1.165) is 5.56 Å². The van der Waals surface area contributed by atoms with Crippen molar-refractivity contribution in [1.82, 2.24) is 0 Å². The topological polar surface area (TPSA) is 46.5 Å². The average Bonchev–Trinajstić information content (AvgIpc) is 2.46. The van der Waals surface area contributed by atoms with Crippen LogP contribution in [0.3, 0.4) is 0 Å². The molecule has 0 atom stereocenters. The van der Waals surface area contributed by atoms with Gasteiger partial charge in [0.25, 0.3) is 0 Å². The SMILES string of the molecule is CC(C)(CC(=O)O)c1cc(F)c(OCc2ccccc2)c(Br)c1. The molecule has 0 aromatic heterocycles. The fourth-order valence-electron chi connectivity index (χ4n) is 2.30. The fourth-order valence-corrected chi connectivity index (χ4v) is 2.85. The van der Waals surface area contributed by atoms with E-state index < -0.39 is 17.2 Å². The van der Waals surface area contributed by atoms with E-state index in [4.69, 9.17) is 9.84 Å². The highest BCUT2D eigenvalue weighted by Crippen LogP contribution is 2.36. The molecule has 0 heterocycles. The van der Waals surface area contributed by atoms with Crippen molar-refractivity contribution >= 4 is 21.9 Å². The Morgan fingerprint density at radius 1 is 1.26 bits per heavy atom. The molecular formula is C18H18BrFO3. The first kappa shape index (κ1) is 17.5. The largest absolute Gasteiger partial charge is 0.485 e. The number of aliphatic carboxylic acids is 1. The van der Waals surface area contributed by atoms with Gasteiger partial charge in [-0.3, -0.25) is 4.79 Å². The van der Waals surface area contributed by atoms with E-state index in [1.807, 2.05) is 30.3 Å². The Morgan fingerprint density at radius 2 is 1.91 bits per heavy atom. The van der Waals surface area contributed by atoms with Crippen LogP contribution in [0.5, 0.6) is 5.75 Å². The molecule has 2 rings (SSSR count). The standard InChI is InChI=1S/C18H18BrFO3/c1-18(2,10-16(21)22)13-8-14(19)17(15(20)9-13)23-11-12-6-4-3-5-7-12/h3-9H,10-11H2,1-2H3,(H,21,22). The fraction of sp³-hybridized carbons (Fsp3) is 0.278. The summed E-state index contributed by atoms with van der Waals surface area (Å²) in [6, 6.07) is 12.5. The van der Waals surface area contributed by atoms with Gasteiger partial charge in [0.15, 0.2) is 11.6 Å². The van der Waals surface area contributed by atoms with E-state index in [2.05, 4.69) is 15.9 Å². The summed E-state index contributed by atoms with van der Waals surface area (Å²) in [7, 11) is 0. The molecule has 0 aliphatic rings. The third kappa shape index (κ3) is 4.55. The van der Waals surface area contributed by atoms with Crippen LogP contribution in [0, 0.1) is 5.82 Å². The van der Waals surface area contributed by atoms with Crippen LogP contribution >= 0.6 is 15.9 Å². The number of carboxylic acid groups (broad SMARTS) is 1. The van der Waals surface area contributed by atoms with Crippen LogP contribution in [0.1, 0.15) is 31.4 Å². The van der Waals surface area contributed by atoms with Crippen LogP contribution < -0.4 is 4.74 Å². The summed E-state index contributed by atoms with van der Waals surface area (Å²) in [5.41, 5.74) is 0.873. The van der Waals surface area contributed by atoms with Crippen LogP contribution in [-0.2, 0) is 16.8 Å². The Balaban J connectivity index is 2.22. The highest BCUT2D eigenvalue weighted by Gasteiger charge is 2.26. The smallest absolute Gasteiger partial charge is 0.304 e. The number of rotatable bonds is 6. The van der Waals surface area contributed by atoms with Crippen molar-refractivity contribution < 1.29 is 19.0 Å². The average molecular weight is 381 g/mol. The summed E-state index contributed by atoms with van der Waals surface area (Å²) in [6.45, 7) is 3.80.